The van der Waals surface area contributed by atoms with Gasteiger partial charge in [0.05, 0.1) is 0 Å². The number of alkyl halides is 1. The summed E-state index contributed by atoms with van der Waals surface area (Å²) in [6, 6.07) is 13.8. The average molecular weight is 312 g/mol. The molecular weight excluding hydrogens is 300 g/mol. The van der Waals surface area contributed by atoms with Crippen LogP contribution in [0.2, 0.25) is 0 Å². The molecule has 0 radical (unpaired) electrons. The lowest BCUT2D eigenvalue weighted by atomic mass is 10.2. The van der Waals surface area contributed by atoms with Crippen LogP contribution in [0, 0.1) is 6.92 Å². The molecule has 0 heterocycles. The van der Waals surface area contributed by atoms with Crippen molar-refractivity contribution >= 4 is 27.5 Å². The molecule has 3 heteroatoms. The standard InChI is InChI=1S/C14H12BrClO/c1-10-2-5-12(15)8-14(10)17-13-6-3-11(9-16)4-7-13/h2-8H,9H2,1H3. The van der Waals surface area contributed by atoms with Crippen LogP contribution in [0.5, 0.6) is 11.5 Å². The van der Waals surface area contributed by atoms with Crippen molar-refractivity contribution in [2.24, 2.45) is 0 Å². The number of rotatable bonds is 3. The number of benzene rings is 2. The molecule has 0 saturated heterocycles. The van der Waals surface area contributed by atoms with Crippen molar-refractivity contribution in [3.8, 4) is 11.5 Å². The Morgan fingerprint density at radius 3 is 2.47 bits per heavy atom. The summed E-state index contributed by atoms with van der Waals surface area (Å²) in [5.74, 6) is 2.20. The van der Waals surface area contributed by atoms with Gasteiger partial charge in [0.15, 0.2) is 0 Å². The summed E-state index contributed by atoms with van der Waals surface area (Å²) in [6.45, 7) is 2.02. The highest BCUT2D eigenvalue weighted by atomic mass is 79.9. The van der Waals surface area contributed by atoms with Gasteiger partial charge in [0.2, 0.25) is 0 Å². The average Bonchev–Trinajstić information content (AvgIpc) is 2.35. The van der Waals surface area contributed by atoms with Crippen LogP contribution in [0.3, 0.4) is 0 Å². The smallest absolute Gasteiger partial charge is 0.131 e. The topological polar surface area (TPSA) is 9.23 Å². The molecule has 2 rings (SSSR count). The minimum Gasteiger partial charge on any atom is -0.457 e. The predicted octanol–water partition coefficient (Wildman–Crippen LogP) is 5.29. The van der Waals surface area contributed by atoms with Crippen molar-refractivity contribution in [1.82, 2.24) is 0 Å². The van der Waals surface area contributed by atoms with Crippen molar-refractivity contribution in [1.29, 1.82) is 0 Å². The minimum absolute atomic E-state index is 0.524. The zero-order valence-corrected chi connectivity index (χ0v) is 11.8. The van der Waals surface area contributed by atoms with Crippen molar-refractivity contribution in [3.05, 3.63) is 58.1 Å². The van der Waals surface area contributed by atoms with Crippen LogP contribution >= 0.6 is 27.5 Å². The van der Waals surface area contributed by atoms with Crippen molar-refractivity contribution in [3.63, 3.8) is 0 Å². The molecule has 0 aliphatic carbocycles. The Bertz CT molecular complexity index is 508. The molecule has 0 fully saturated rings. The van der Waals surface area contributed by atoms with Gasteiger partial charge >= 0.3 is 0 Å². The second kappa shape index (κ2) is 5.56. The van der Waals surface area contributed by atoms with Crippen molar-refractivity contribution in [2.45, 2.75) is 12.8 Å². The summed E-state index contributed by atoms with van der Waals surface area (Å²) in [6.07, 6.45) is 0. The molecule has 0 bridgehead atoms. The van der Waals surface area contributed by atoms with Gasteiger partial charge in [-0.05, 0) is 42.3 Å². The molecule has 88 valence electrons. The van der Waals surface area contributed by atoms with Crippen LogP contribution in [-0.4, -0.2) is 0 Å². The van der Waals surface area contributed by atoms with E-state index in [0.29, 0.717) is 5.88 Å². The van der Waals surface area contributed by atoms with Gasteiger partial charge in [-0.1, -0.05) is 34.1 Å². The number of ether oxygens (including phenoxy) is 1. The molecule has 0 amide bonds. The van der Waals surface area contributed by atoms with Gasteiger partial charge in [0.25, 0.3) is 0 Å². The minimum atomic E-state index is 0.524. The Morgan fingerprint density at radius 1 is 1.12 bits per heavy atom. The number of aryl methyl sites for hydroxylation is 1. The number of hydrogen-bond acceptors (Lipinski definition) is 1. The van der Waals surface area contributed by atoms with Gasteiger partial charge in [-0.15, -0.1) is 11.6 Å². The van der Waals surface area contributed by atoms with E-state index in [-0.39, 0.29) is 0 Å². The fourth-order valence-electron chi connectivity index (χ4n) is 1.46. The third kappa shape index (κ3) is 3.24. The van der Waals surface area contributed by atoms with E-state index in [2.05, 4.69) is 15.9 Å². The third-order valence-electron chi connectivity index (χ3n) is 2.46. The maximum atomic E-state index is 5.82. The zero-order valence-electron chi connectivity index (χ0n) is 9.41. The molecule has 0 unspecified atom stereocenters. The molecule has 0 aliphatic rings. The van der Waals surface area contributed by atoms with E-state index in [9.17, 15) is 0 Å². The molecule has 17 heavy (non-hydrogen) atoms. The Labute approximate surface area is 115 Å². The van der Waals surface area contributed by atoms with E-state index < -0.39 is 0 Å². The monoisotopic (exact) mass is 310 g/mol. The molecular formula is C14H12BrClO. The third-order valence-corrected chi connectivity index (χ3v) is 3.26. The second-order valence-electron chi connectivity index (χ2n) is 3.79. The zero-order chi connectivity index (χ0) is 12.3. The van der Waals surface area contributed by atoms with Crippen LogP contribution in [0.4, 0.5) is 0 Å². The molecule has 2 aromatic rings. The van der Waals surface area contributed by atoms with Gasteiger partial charge in [-0.3, -0.25) is 0 Å². The van der Waals surface area contributed by atoms with Crippen LogP contribution in [0.1, 0.15) is 11.1 Å². The van der Waals surface area contributed by atoms with Crippen LogP contribution in [0.15, 0.2) is 46.9 Å². The number of halogens is 2. The first-order valence-electron chi connectivity index (χ1n) is 5.28. The Morgan fingerprint density at radius 2 is 1.82 bits per heavy atom. The highest BCUT2D eigenvalue weighted by Gasteiger charge is 2.02. The van der Waals surface area contributed by atoms with Gasteiger partial charge in [0.1, 0.15) is 11.5 Å². The van der Waals surface area contributed by atoms with E-state index in [0.717, 1.165) is 27.1 Å². The lowest BCUT2D eigenvalue weighted by molar-refractivity contribution is 0.478. The van der Waals surface area contributed by atoms with E-state index in [1.54, 1.807) is 0 Å². The molecule has 0 N–H and O–H groups in total. The first kappa shape index (κ1) is 12.5. The lowest BCUT2D eigenvalue weighted by Gasteiger charge is -2.09. The Balaban J connectivity index is 2.22. The maximum Gasteiger partial charge on any atom is 0.131 e. The summed E-state index contributed by atoms with van der Waals surface area (Å²) in [7, 11) is 0. The summed E-state index contributed by atoms with van der Waals surface area (Å²) in [4.78, 5) is 0. The first-order valence-corrected chi connectivity index (χ1v) is 6.60. The largest absolute Gasteiger partial charge is 0.457 e. The summed E-state index contributed by atoms with van der Waals surface area (Å²) < 4.78 is 6.83. The SMILES string of the molecule is Cc1ccc(Br)cc1Oc1ccc(CCl)cc1. The number of hydrogen-bond donors (Lipinski definition) is 0. The van der Waals surface area contributed by atoms with E-state index in [1.165, 1.54) is 0 Å². The van der Waals surface area contributed by atoms with Gasteiger partial charge in [0, 0.05) is 10.4 Å². The highest BCUT2D eigenvalue weighted by Crippen LogP contribution is 2.28. The Hall–Kier alpha value is -0.990. The normalized spacial score (nSPS) is 10.3. The van der Waals surface area contributed by atoms with Gasteiger partial charge < -0.3 is 4.74 Å². The predicted molar refractivity (Wildman–Crippen MR) is 75.0 cm³/mol. The molecule has 0 saturated carbocycles. The molecule has 2 aromatic carbocycles. The fourth-order valence-corrected chi connectivity index (χ4v) is 1.98. The van der Waals surface area contributed by atoms with E-state index in [4.69, 9.17) is 16.3 Å². The summed E-state index contributed by atoms with van der Waals surface area (Å²) in [5.41, 5.74) is 2.19. The molecule has 0 aromatic heterocycles. The van der Waals surface area contributed by atoms with Crippen LogP contribution < -0.4 is 4.74 Å². The molecule has 0 atom stereocenters. The first-order chi connectivity index (χ1) is 8.19. The molecule has 0 spiro atoms. The maximum absolute atomic E-state index is 5.82. The summed E-state index contributed by atoms with van der Waals surface area (Å²) >= 11 is 9.17. The van der Waals surface area contributed by atoms with Crippen LogP contribution in [0.25, 0.3) is 0 Å². The highest BCUT2D eigenvalue weighted by molar-refractivity contribution is 9.10. The fraction of sp³-hybridized carbons (Fsp3) is 0.143. The lowest BCUT2D eigenvalue weighted by Crippen LogP contribution is -1.88. The van der Waals surface area contributed by atoms with Gasteiger partial charge in [-0.2, -0.15) is 0 Å². The van der Waals surface area contributed by atoms with Crippen LogP contribution in [-0.2, 0) is 5.88 Å². The Kier molecular flexibility index (Phi) is 4.08. The van der Waals surface area contributed by atoms with E-state index >= 15 is 0 Å². The molecule has 0 aliphatic heterocycles. The van der Waals surface area contributed by atoms with E-state index in [1.807, 2.05) is 49.4 Å². The quantitative estimate of drug-likeness (QED) is 0.700. The summed E-state index contributed by atoms with van der Waals surface area (Å²) in [5, 5.41) is 0. The van der Waals surface area contributed by atoms with Gasteiger partial charge in [-0.25, -0.2) is 0 Å². The van der Waals surface area contributed by atoms with Crippen molar-refractivity contribution < 1.29 is 4.74 Å². The van der Waals surface area contributed by atoms with Crippen molar-refractivity contribution in [2.75, 3.05) is 0 Å². The second-order valence-corrected chi connectivity index (χ2v) is 4.97. The molecule has 1 nitrogen and oxygen atoms in total.